The molecule has 7 nitrogen and oxygen atoms in total. The summed E-state index contributed by atoms with van der Waals surface area (Å²) in [7, 11) is -0.459. The molecule has 0 fully saturated rings. The Balaban J connectivity index is 1.63. The van der Waals surface area contributed by atoms with Crippen molar-refractivity contribution < 1.29 is 17.9 Å². The molecule has 136 valence electrons. The Kier molecular flexibility index (Phi) is 4.94. The summed E-state index contributed by atoms with van der Waals surface area (Å²) in [4.78, 5) is 13.9. The number of benzene rings is 2. The lowest BCUT2D eigenvalue weighted by Crippen LogP contribution is -2.38. The van der Waals surface area contributed by atoms with Gasteiger partial charge in [-0.2, -0.15) is 8.42 Å². The molecule has 0 spiro atoms. The molecule has 0 saturated heterocycles. The maximum absolute atomic E-state index is 12.2. The molecule has 0 aromatic heterocycles. The summed E-state index contributed by atoms with van der Waals surface area (Å²) in [5, 5.41) is 2.81. The molecule has 0 saturated carbocycles. The van der Waals surface area contributed by atoms with Gasteiger partial charge in [-0.1, -0.05) is 24.3 Å². The maximum atomic E-state index is 12.2. The zero-order chi connectivity index (χ0) is 18.7. The van der Waals surface area contributed by atoms with E-state index in [9.17, 15) is 13.2 Å². The van der Waals surface area contributed by atoms with Crippen molar-refractivity contribution in [1.82, 2.24) is 10.2 Å². The maximum Gasteiger partial charge on any atom is 0.285 e. The minimum absolute atomic E-state index is 0.00115. The average Bonchev–Trinajstić information content (AvgIpc) is 2.92. The first-order chi connectivity index (χ1) is 12.4. The van der Waals surface area contributed by atoms with Crippen LogP contribution in [0.2, 0.25) is 0 Å². The van der Waals surface area contributed by atoms with Crippen LogP contribution in [0.1, 0.15) is 11.1 Å². The lowest BCUT2D eigenvalue weighted by molar-refractivity contribution is -0.121. The number of ether oxygens (including phenoxy) is 1. The molecular weight excluding hydrogens is 354 g/mol. The van der Waals surface area contributed by atoms with E-state index >= 15 is 0 Å². The number of amidine groups is 1. The Morgan fingerprint density at radius 3 is 2.54 bits per heavy atom. The van der Waals surface area contributed by atoms with E-state index in [0.29, 0.717) is 12.1 Å². The van der Waals surface area contributed by atoms with Crippen molar-refractivity contribution in [1.29, 1.82) is 0 Å². The van der Waals surface area contributed by atoms with Gasteiger partial charge in [-0.3, -0.25) is 4.79 Å². The second-order valence-corrected chi connectivity index (χ2v) is 7.44. The van der Waals surface area contributed by atoms with Crippen molar-refractivity contribution in [2.75, 3.05) is 20.7 Å². The third-order valence-electron chi connectivity index (χ3n) is 4.00. The SMILES string of the molecule is COc1ccc(CNC(=O)CN(C)C2=NS(=O)(=O)c3ccccc32)cc1. The van der Waals surface area contributed by atoms with Crippen LogP contribution in [0.15, 0.2) is 57.8 Å². The Labute approximate surface area is 152 Å². The average molecular weight is 373 g/mol. The lowest BCUT2D eigenvalue weighted by atomic mass is 10.2. The number of rotatable bonds is 5. The molecule has 3 rings (SSSR count). The fourth-order valence-corrected chi connectivity index (χ4v) is 3.91. The van der Waals surface area contributed by atoms with Crippen molar-refractivity contribution in [2.45, 2.75) is 11.4 Å². The van der Waals surface area contributed by atoms with Crippen LogP contribution in [0.5, 0.6) is 5.75 Å². The van der Waals surface area contributed by atoms with Crippen LogP contribution in [0.25, 0.3) is 0 Å². The van der Waals surface area contributed by atoms with Crippen LogP contribution in [0, 0.1) is 0 Å². The molecular formula is C18H19N3O4S. The number of amides is 1. The third-order valence-corrected chi connectivity index (χ3v) is 5.33. The lowest BCUT2D eigenvalue weighted by Gasteiger charge is -2.18. The van der Waals surface area contributed by atoms with Crippen LogP contribution in [0.3, 0.4) is 0 Å². The number of carbonyl (C=O) groups excluding carboxylic acids is 1. The molecule has 0 unspecified atom stereocenters. The monoisotopic (exact) mass is 373 g/mol. The highest BCUT2D eigenvalue weighted by Gasteiger charge is 2.30. The fourth-order valence-electron chi connectivity index (χ4n) is 2.65. The first-order valence-corrected chi connectivity index (χ1v) is 9.40. The summed E-state index contributed by atoms with van der Waals surface area (Å²) in [6, 6.07) is 14.0. The van der Waals surface area contributed by atoms with Crippen LogP contribution in [-0.2, 0) is 21.4 Å². The highest BCUT2D eigenvalue weighted by atomic mass is 32.2. The largest absolute Gasteiger partial charge is 0.497 e. The standard InChI is InChI=1S/C18H19N3O4S/c1-21(18-15-5-3-4-6-16(15)26(23,24)20-18)12-17(22)19-11-13-7-9-14(25-2)10-8-13/h3-10H,11-12H2,1-2H3,(H,19,22). The molecule has 0 atom stereocenters. The summed E-state index contributed by atoms with van der Waals surface area (Å²) >= 11 is 0. The molecule has 1 amide bonds. The number of likely N-dealkylation sites (N-methyl/N-ethyl adjacent to an activating group) is 1. The van der Waals surface area contributed by atoms with Gasteiger partial charge in [-0.15, -0.1) is 4.40 Å². The van der Waals surface area contributed by atoms with Crippen molar-refractivity contribution in [3.8, 4) is 5.75 Å². The number of hydrogen-bond donors (Lipinski definition) is 1. The zero-order valence-electron chi connectivity index (χ0n) is 14.5. The molecule has 0 bridgehead atoms. The number of nitrogens with zero attached hydrogens (tertiary/aromatic N) is 2. The molecule has 1 N–H and O–H groups in total. The number of methoxy groups -OCH3 is 1. The van der Waals surface area contributed by atoms with Gasteiger partial charge in [-0.25, -0.2) is 0 Å². The Hall–Kier alpha value is -2.87. The van der Waals surface area contributed by atoms with Crippen LogP contribution < -0.4 is 10.1 Å². The number of fused-ring (bicyclic) bond motifs is 1. The summed E-state index contributed by atoms with van der Waals surface area (Å²) in [6.07, 6.45) is 0. The third kappa shape index (κ3) is 3.70. The number of nitrogens with one attached hydrogen (secondary N) is 1. The van der Waals surface area contributed by atoms with Gasteiger partial charge in [0.1, 0.15) is 10.6 Å². The highest BCUT2D eigenvalue weighted by molar-refractivity contribution is 7.90. The second-order valence-electron chi connectivity index (χ2n) is 5.87. The van der Waals surface area contributed by atoms with Gasteiger partial charge in [0.25, 0.3) is 10.0 Å². The molecule has 2 aromatic carbocycles. The summed E-state index contributed by atoms with van der Waals surface area (Å²) < 4.78 is 33.1. The normalized spacial score (nSPS) is 14.3. The zero-order valence-corrected chi connectivity index (χ0v) is 15.3. The van der Waals surface area contributed by atoms with E-state index in [2.05, 4.69) is 9.71 Å². The molecule has 26 heavy (non-hydrogen) atoms. The van der Waals surface area contributed by atoms with E-state index in [-0.39, 0.29) is 23.2 Å². The predicted molar refractivity (Wildman–Crippen MR) is 97.6 cm³/mol. The molecule has 0 aliphatic carbocycles. The molecule has 1 heterocycles. The van der Waals surface area contributed by atoms with E-state index in [4.69, 9.17) is 4.74 Å². The molecule has 1 aliphatic heterocycles. The Bertz CT molecular complexity index is 953. The molecule has 0 radical (unpaired) electrons. The fraction of sp³-hybridized carbons (Fsp3) is 0.222. The van der Waals surface area contributed by atoms with Crippen LogP contribution >= 0.6 is 0 Å². The van der Waals surface area contributed by atoms with Crippen LogP contribution in [-0.4, -0.2) is 45.8 Å². The smallest absolute Gasteiger partial charge is 0.285 e. The molecule has 8 heteroatoms. The van der Waals surface area contributed by atoms with E-state index in [1.807, 2.05) is 24.3 Å². The van der Waals surface area contributed by atoms with E-state index in [1.54, 1.807) is 32.4 Å². The topological polar surface area (TPSA) is 88.1 Å². The van der Waals surface area contributed by atoms with Crippen molar-refractivity contribution in [3.05, 3.63) is 59.7 Å². The van der Waals surface area contributed by atoms with Gasteiger partial charge >= 0.3 is 0 Å². The number of hydrogen-bond acceptors (Lipinski definition) is 5. The molecule has 1 aliphatic rings. The number of sulfonamides is 1. The summed E-state index contributed by atoms with van der Waals surface area (Å²) in [5.41, 5.74) is 1.45. The minimum atomic E-state index is -3.69. The van der Waals surface area contributed by atoms with Gasteiger partial charge in [0, 0.05) is 19.2 Å². The minimum Gasteiger partial charge on any atom is -0.497 e. The van der Waals surface area contributed by atoms with Crippen molar-refractivity contribution in [2.24, 2.45) is 4.40 Å². The number of carbonyl (C=O) groups is 1. The van der Waals surface area contributed by atoms with Gasteiger partial charge in [0.15, 0.2) is 5.84 Å². The molecule has 2 aromatic rings. The van der Waals surface area contributed by atoms with E-state index < -0.39 is 10.0 Å². The van der Waals surface area contributed by atoms with E-state index in [0.717, 1.165) is 11.3 Å². The van der Waals surface area contributed by atoms with Gasteiger partial charge in [-0.05, 0) is 29.8 Å². The van der Waals surface area contributed by atoms with Crippen molar-refractivity contribution >= 4 is 21.8 Å². The quantitative estimate of drug-likeness (QED) is 0.856. The van der Waals surface area contributed by atoms with Gasteiger partial charge < -0.3 is 15.0 Å². The van der Waals surface area contributed by atoms with Gasteiger partial charge in [0.05, 0.1) is 13.7 Å². The van der Waals surface area contributed by atoms with Crippen molar-refractivity contribution in [3.63, 3.8) is 0 Å². The second kappa shape index (κ2) is 7.17. The van der Waals surface area contributed by atoms with Crippen LogP contribution in [0.4, 0.5) is 0 Å². The Morgan fingerprint density at radius 2 is 1.85 bits per heavy atom. The first kappa shape index (κ1) is 17.9. The Morgan fingerprint density at radius 1 is 1.15 bits per heavy atom. The van der Waals surface area contributed by atoms with E-state index in [1.165, 1.54) is 11.0 Å². The highest BCUT2D eigenvalue weighted by Crippen LogP contribution is 2.26. The first-order valence-electron chi connectivity index (χ1n) is 7.96. The summed E-state index contributed by atoms with van der Waals surface area (Å²) in [5.74, 6) is 0.798. The predicted octanol–water partition coefficient (Wildman–Crippen LogP) is 1.39. The van der Waals surface area contributed by atoms with Gasteiger partial charge in [0.2, 0.25) is 5.91 Å². The summed E-state index contributed by atoms with van der Waals surface area (Å²) in [6.45, 7) is 0.372.